The van der Waals surface area contributed by atoms with Gasteiger partial charge in [-0.3, -0.25) is 0 Å². The summed E-state index contributed by atoms with van der Waals surface area (Å²) in [6, 6.07) is 5.66. The summed E-state index contributed by atoms with van der Waals surface area (Å²) in [5.74, 6) is 0.179. The Hall–Kier alpha value is -3.35. The first-order valence-corrected chi connectivity index (χ1v) is 10.7. The van der Waals surface area contributed by atoms with Gasteiger partial charge in [-0.15, -0.1) is 0 Å². The van der Waals surface area contributed by atoms with Crippen molar-refractivity contribution >= 4 is 17.6 Å². The molecule has 1 aliphatic carbocycles. The minimum Gasteiger partial charge on any atom is -0.335 e. The lowest BCUT2D eigenvalue weighted by molar-refractivity contribution is -0.460. The van der Waals surface area contributed by atoms with Crippen LogP contribution < -0.4 is 0 Å². The lowest BCUT2D eigenvalue weighted by Gasteiger charge is -2.26. The molecule has 0 fully saturated rings. The number of allylic oxidation sites excluding steroid dienone is 3. The van der Waals surface area contributed by atoms with Crippen molar-refractivity contribution in [3.8, 4) is 11.4 Å². The van der Waals surface area contributed by atoms with Crippen molar-refractivity contribution in [3.63, 3.8) is 0 Å². The molecule has 1 unspecified atom stereocenters. The van der Waals surface area contributed by atoms with Crippen LogP contribution in [-0.4, -0.2) is 43.8 Å². The second-order valence-corrected chi connectivity index (χ2v) is 8.02. The average Bonchev–Trinajstić information content (AvgIpc) is 3.24. The Balaban J connectivity index is 1.63. The molecule has 0 saturated heterocycles. The molecule has 0 saturated carbocycles. The highest BCUT2D eigenvalue weighted by molar-refractivity contribution is 6.16. The van der Waals surface area contributed by atoms with Crippen LogP contribution in [0.4, 0.5) is 4.79 Å². The van der Waals surface area contributed by atoms with E-state index in [1.807, 2.05) is 49.4 Å². The van der Waals surface area contributed by atoms with Crippen LogP contribution in [0.1, 0.15) is 43.2 Å². The van der Waals surface area contributed by atoms with E-state index in [2.05, 4.69) is 24.0 Å². The minimum atomic E-state index is -0.466. The van der Waals surface area contributed by atoms with E-state index in [9.17, 15) is 9.59 Å². The van der Waals surface area contributed by atoms with Gasteiger partial charge in [0.15, 0.2) is 6.54 Å². The first-order chi connectivity index (χ1) is 15.0. The molecular weight excluding hydrogens is 392 g/mol. The van der Waals surface area contributed by atoms with Gasteiger partial charge >= 0.3 is 11.9 Å². The van der Waals surface area contributed by atoms with Crippen LogP contribution in [0.3, 0.4) is 0 Å². The van der Waals surface area contributed by atoms with Gasteiger partial charge in [-0.1, -0.05) is 48.9 Å². The van der Waals surface area contributed by atoms with Gasteiger partial charge in [0.25, 0.3) is 5.89 Å². The minimum absolute atomic E-state index is 0.123. The molecule has 2 heterocycles. The maximum Gasteiger partial charge on any atom is 0.501 e. The van der Waals surface area contributed by atoms with Crippen LogP contribution in [0.5, 0.6) is 0 Å². The van der Waals surface area contributed by atoms with Crippen LogP contribution in [0.2, 0.25) is 0 Å². The first kappa shape index (κ1) is 20.9. The van der Waals surface area contributed by atoms with E-state index >= 15 is 0 Å². The molecule has 1 aromatic heterocycles. The summed E-state index contributed by atoms with van der Waals surface area (Å²) < 4.78 is 7.05. The van der Waals surface area contributed by atoms with Gasteiger partial charge in [0, 0.05) is 5.56 Å². The number of unbranched alkanes of at least 4 members (excludes halogenated alkanes) is 2. The van der Waals surface area contributed by atoms with E-state index in [0.29, 0.717) is 24.0 Å². The lowest BCUT2D eigenvalue weighted by Crippen LogP contribution is -2.54. The molecule has 2 aromatic rings. The van der Waals surface area contributed by atoms with Crippen molar-refractivity contribution in [1.82, 2.24) is 15.0 Å². The number of hydrogen-bond donors (Lipinski definition) is 0. The van der Waals surface area contributed by atoms with Gasteiger partial charge in [-0.05, 0) is 50.0 Å². The monoisotopic (exact) mass is 419 g/mol. The molecule has 1 atom stereocenters. The smallest absolute Gasteiger partial charge is 0.335 e. The summed E-state index contributed by atoms with van der Waals surface area (Å²) in [7, 11) is 0. The summed E-state index contributed by atoms with van der Waals surface area (Å²) in [5, 5.41) is 4.10. The molecule has 7 heteroatoms. The van der Waals surface area contributed by atoms with Crippen molar-refractivity contribution in [1.29, 1.82) is 0 Å². The fraction of sp³-hybridized carbons (Fsp3) is 0.375. The number of hydrogen-bond acceptors (Lipinski definition) is 5. The topological polar surface area (TPSA) is 79.3 Å². The Morgan fingerprint density at radius 1 is 1.13 bits per heavy atom. The van der Waals surface area contributed by atoms with Crippen LogP contribution in [0.15, 0.2) is 47.0 Å². The van der Waals surface area contributed by atoms with E-state index in [-0.39, 0.29) is 18.5 Å². The second kappa shape index (κ2) is 8.79. The quantitative estimate of drug-likeness (QED) is 0.496. The average molecular weight is 420 g/mol. The molecule has 4 rings (SSSR count). The van der Waals surface area contributed by atoms with Gasteiger partial charge < -0.3 is 4.52 Å². The number of nitrogens with zero attached hydrogens (tertiary/aromatic N) is 4. The van der Waals surface area contributed by atoms with Crippen molar-refractivity contribution in [2.75, 3.05) is 6.54 Å². The third kappa shape index (κ3) is 4.13. The maximum atomic E-state index is 13.2. The van der Waals surface area contributed by atoms with E-state index in [1.54, 1.807) is 4.58 Å². The SMILES string of the molecule is CCCCCN1C(=O)C2C=CC=CC2=[N+](Cc2nc(-c3ccc(C)c(C)c3)no2)C1=O. The Kier molecular flexibility index (Phi) is 5.93. The number of fused-ring (bicyclic) bond motifs is 1. The number of aryl methyl sites for hydroxylation is 2. The summed E-state index contributed by atoms with van der Waals surface area (Å²) in [6.07, 6.45) is 10.1. The van der Waals surface area contributed by atoms with Gasteiger partial charge in [-0.2, -0.15) is 19.3 Å². The number of benzene rings is 1. The Labute approximate surface area is 181 Å². The molecule has 7 nitrogen and oxygen atoms in total. The number of imide groups is 1. The lowest BCUT2D eigenvalue weighted by atomic mass is 9.94. The van der Waals surface area contributed by atoms with Crippen LogP contribution in [0, 0.1) is 19.8 Å². The molecule has 1 aliphatic heterocycles. The van der Waals surface area contributed by atoms with Gasteiger partial charge in [-0.25, -0.2) is 4.79 Å². The summed E-state index contributed by atoms with van der Waals surface area (Å²) in [6.45, 7) is 6.72. The Morgan fingerprint density at radius 3 is 2.74 bits per heavy atom. The van der Waals surface area contributed by atoms with Crippen molar-refractivity contribution < 1.29 is 18.7 Å². The predicted octanol–water partition coefficient (Wildman–Crippen LogP) is 4.20. The number of rotatable bonds is 7. The highest BCUT2D eigenvalue weighted by atomic mass is 16.5. The molecule has 0 N–H and O–H groups in total. The molecule has 31 heavy (non-hydrogen) atoms. The van der Waals surface area contributed by atoms with E-state index < -0.39 is 5.92 Å². The molecule has 2 aliphatic rings. The Bertz CT molecular complexity index is 1110. The fourth-order valence-electron chi connectivity index (χ4n) is 3.85. The number of carbonyl (C=O) groups is 2. The number of aromatic nitrogens is 2. The zero-order valence-electron chi connectivity index (χ0n) is 18.2. The van der Waals surface area contributed by atoms with Gasteiger partial charge in [0.2, 0.25) is 5.82 Å². The molecule has 1 aromatic carbocycles. The standard InChI is InChI=1S/C24H27N4O3/c1-4-5-8-13-27-23(29)19-9-6-7-10-20(19)28(24(27)30)15-21-25-22(26-31-21)18-12-11-16(2)17(3)14-18/h6-7,9-12,14,19H,4-5,8,13,15H2,1-3H3/q+1. The van der Waals surface area contributed by atoms with Crippen molar-refractivity contribution in [3.05, 3.63) is 59.5 Å². The zero-order valence-corrected chi connectivity index (χ0v) is 18.2. The second-order valence-electron chi connectivity index (χ2n) is 8.02. The highest BCUT2D eigenvalue weighted by Crippen LogP contribution is 2.23. The molecular formula is C24H27N4O3+. The van der Waals surface area contributed by atoms with E-state index in [4.69, 9.17) is 4.52 Å². The molecule has 160 valence electrons. The summed E-state index contributed by atoms with van der Waals surface area (Å²) >= 11 is 0. The van der Waals surface area contributed by atoms with E-state index in [0.717, 1.165) is 30.4 Å². The largest absolute Gasteiger partial charge is 0.501 e. The van der Waals surface area contributed by atoms with Gasteiger partial charge in [0.1, 0.15) is 11.6 Å². The predicted molar refractivity (Wildman–Crippen MR) is 117 cm³/mol. The van der Waals surface area contributed by atoms with Crippen LogP contribution >= 0.6 is 0 Å². The van der Waals surface area contributed by atoms with Crippen molar-refractivity contribution in [2.24, 2.45) is 5.92 Å². The molecule has 3 amide bonds. The first-order valence-electron chi connectivity index (χ1n) is 10.7. The molecule has 0 bridgehead atoms. The maximum absolute atomic E-state index is 13.2. The fourth-order valence-corrected chi connectivity index (χ4v) is 3.85. The van der Waals surface area contributed by atoms with E-state index in [1.165, 1.54) is 10.5 Å². The number of carbonyl (C=O) groups excluding carboxylic acids is 2. The third-order valence-electron chi connectivity index (χ3n) is 5.82. The molecule has 0 radical (unpaired) electrons. The van der Waals surface area contributed by atoms with Gasteiger partial charge in [0.05, 0.1) is 6.54 Å². The zero-order chi connectivity index (χ0) is 22.0. The summed E-state index contributed by atoms with van der Waals surface area (Å²) in [4.78, 5) is 32.0. The number of amides is 3. The van der Waals surface area contributed by atoms with Crippen LogP contribution in [0.25, 0.3) is 11.4 Å². The number of urea groups is 1. The third-order valence-corrected chi connectivity index (χ3v) is 5.82. The normalized spacial score (nSPS) is 18.2. The molecule has 0 spiro atoms. The van der Waals surface area contributed by atoms with Crippen molar-refractivity contribution in [2.45, 2.75) is 46.6 Å². The van der Waals surface area contributed by atoms with Crippen LogP contribution in [-0.2, 0) is 11.3 Å². The highest BCUT2D eigenvalue weighted by Gasteiger charge is 2.46. The summed E-state index contributed by atoms with van der Waals surface area (Å²) in [5.41, 5.74) is 3.85. The Morgan fingerprint density at radius 2 is 1.97 bits per heavy atom.